The zero-order chi connectivity index (χ0) is 51.1. The Hall–Kier alpha value is -3.89. The third-order valence-corrected chi connectivity index (χ3v) is 18.2. The fourth-order valence-electron chi connectivity index (χ4n) is 8.53. The average Bonchev–Trinajstić information content (AvgIpc) is 3.30. The van der Waals surface area contributed by atoms with Crippen molar-refractivity contribution in [3.8, 4) is 34.5 Å². The lowest BCUT2D eigenvalue weighted by Crippen LogP contribution is -2.42. The van der Waals surface area contributed by atoms with E-state index in [9.17, 15) is 10.2 Å². The third-order valence-electron chi connectivity index (χ3n) is 12.5. The van der Waals surface area contributed by atoms with E-state index in [1.54, 1.807) is 42.7 Å². The second-order valence-corrected chi connectivity index (χ2v) is 24.5. The van der Waals surface area contributed by atoms with Crippen LogP contribution in [0.1, 0.15) is 82.3 Å². The molecule has 0 aliphatic carbocycles. The van der Waals surface area contributed by atoms with Crippen molar-refractivity contribution in [1.29, 1.82) is 0 Å². The van der Waals surface area contributed by atoms with Gasteiger partial charge in [-0.3, -0.25) is 0 Å². The van der Waals surface area contributed by atoms with Gasteiger partial charge in [0.15, 0.2) is 0 Å². The molecular formula is C53H80O14Si2. The van der Waals surface area contributed by atoms with Crippen LogP contribution in [-0.2, 0) is 41.4 Å². The summed E-state index contributed by atoms with van der Waals surface area (Å²) in [5.41, 5.74) is 9.77. The molecule has 0 amide bonds. The van der Waals surface area contributed by atoms with E-state index in [1.165, 1.54) is 11.1 Å². The highest BCUT2D eigenvalue weighted by Crippen LogP contribution is 2.42. The van der Waals surface area contributed by atoms with Gasteiger partial charge in [0.25, 0.3) is 0 Å². The van der Waals surface area contributed by atoms with E-state index in [1.807, 2.05) is 52.0 Å². The molecule has 4 rings (SSSR count). The molecule has 2 atom stereocenters. The normalized spacial score (nSPS) is 13.1. The Morgan fingerprint density at radius 1 is 0.420 bits per heavy atom. The standard InChI is InChI=1S/C53H80O14Si2/c1-35-23-43(24-36(2)51(35)66-47-27-39(5)49(40(6)28-47)64-33-45(54)31-62-19-17-21-68(56-11,57-12)58-13)53(9,10)44-25-37(3)52(38(4)26-44)67-48-29-41(7)50(42(8)30-48)65-34-46(55)32-63-20-18-22-69(59-14,60-15)61-16/h23-30,45-46,54-55H,17-22,31-34H2,1-16H3. The summed E-state index contributed by atoms with van der Waals surface area (Å²) >= 11 is 0. The van der Waals surface area contributed by atoms with Crippen LogP contribution in [0.3, 0.4) is 0 Å². The first kappa shape index (κ1) is 57.7. The molecule has 0 bridgehead atoms. The fourth-order valence-corrected chi connectivity index (χ4v) is 11.9. The number of aliphatic hydroxyl groups excluding tert-OH is 2. The fraction of sp³-hybridized carbons (Fsp3) is 0.547. The summed E-state index contributed by atoms with van der Waals surface area (Å²) in [6, 6.07) is 18.0. The second kappa shape index (κ2) is 26.5. The molecule has 2 N–H and O–H groups in total. The first-order chi connectivity index (χ1) is 32.7. The number of hydrogen-bond acceptors (Lipinski definition) is 14. The maximum Gasteiger partial charge on any atom is 0.500 e. The van der Waals surface area contributed by atoms with Gasteiger partial charge in [-0.15, -0.1) is 0 Å². The maximum absolute atomic E-state index is 10.6. The average molecular weight is 997 g/mol. The molecule has 4 aromatic rings. The molecule has 0 aliphatic heterocycles. The minimum atomic E-state index is -2.65. The van der Waals surface area contributed by atoms with Crippen LogP contribution >= 0.6 is 0 Å². The summed E-state index contributed by atoms with van der Waals surface area (Å²) in [5.74, 6) is 4.47. The van der Waals surface area contributed by atoms with Crippen LogP contribution in [0.2, 0.25) is 12.1 Å². The molecule has 0 aromatic heterocycles. The highest BCUT2D eigenvalue weighted by atomic mass is 28.4. The summed E-state index contributed by atoms with van der Waals surface area (Å²) in [6.45, 7) is 22.1. The topological polar surface area (TPSA) is 151 Å². The SMILES string of the molecule is CO[Si](CCCOCC(O)COc1c(C)cc(Oc2c(C)cc(C(C)(C)c3cc(C)c(Oc4cc(C)c(OCC(O)COCCC[Si](OC)(OC)OC)c(C)c4)c(C)c3)cc2C)cc1C)(OC)OC. The van der Waals surface area contributed by atoms with Crippen LogP contribution < -0.4 is 18.9 Å². The maximum atomic E-state index is 10.6. The first-order valence-electron chi connectivity index (χ1n) is 23.6. The Morgan fingerprint density at radius 2 is 0.696 bits per heavy atom. The van der Waals surface area contributed by atoms with E-state index in [4.69, 9.17) is 55.0 Å². The molecule has 69 heavy (non-hydrogen) atoms. The van der Waals surface area contributed by atoms with Gasteiger partial charge in [-0.1, -0.05) is 38.1 Å². The lowest BCUT2D eigenvalue weighted by molar-refractivity contribution is 0.0108. The molecule has 0 heterocycles. The van der Waals surface area contributed by atoms with Gasteiger partial charge in [-0.25, -0.2) is 0 Å². The van der Waals surface area contributed by atoms with Gasteiger partial charge in [0, 0.05) is 73.4 Å². The summed E-state index contributed by atoms with van der Waals surface area (Å²) in [4.78, 5) is 0. The lowest BCUT2D eigenvalue weighted by atomic mass is 9.76. The smallest absolute Gasteiger partial charge is 0.490 e. The molecule has 0 radical (unpaired) electrons. The summed E-state index contributed by atoms with van der Waals surface area (Å²) < 4.78 is 69.5. The molecule has 0 saturated carbocycles. The summed E-state index contributed by atoms with van der Waals surface area (Å²) in [5, 5.41) is 21.2. The van der Waals surface area contributed by atoms with Gasteiger partial charge < -0.3 is 65.2 Å². The Labute approximate surface area is 414 Å². The molecule has 0 fully saturated rings. The molecule has 16 heteroatoms. The van der Waals surface area contributed by atoms with E-state index in [0.717, 1.165) is 56.0 Å². The van der Waals surface area contributed by atoms with Crippen molar-refractivity contribution in [2.75, 3.05) is 82.3 Å². The van der Waals surface area contributed by atoms with Gasteiger partial charge >= 0.3 is 17.6 Å². The Kier molecular flexibility index (Phi) is 22.2. The highest BCUT2D eigenvalue weighted by molar-refractivity contribution is 6.60. The van der Waals surface area contributed by atoms with Crippen LogP contribution in [0.5, 0.6) is 34.5 Å². The van der Waals surface area contributed by atoms with Crippen molar-refractivity contribution in [3.63, 3.8) is 0 Å². The lowest BCUT2D eigenvalue weighted by Gasteiger charge is -2.29. The molecule has 2 unspecified atom stereocenters. The van der Waals surface area contributed by atoms with Gasteiger partial charge in [-0.2, -0.15) is 0 Å². The Balaban J connectivity index is 1.35. The Bertz CT molecular complexity index is 1990. The predicted octanol–water partition coefficient (Wildman–Crippen LogP) is 10.1. The van der Waals surface area contributed by atoms with Crippen LogP contribution in [0, 0.1) is 55.4 Å². The number of aryl methyl sites for hydroxylation is 8. The Morgan fingerprint density at radius 3 is 0.971 bits per heavy atom. The van der Waals surface area contributed by atoms with Gasteiger partial charge in [0.05, 0.1) is 13.2 Å². The van der Waals surface area contributed by atoms with Crippen molar-refractivity contribution < 1.29 is 65.2 Å². The van der Waals surface area contributed by atoms with E-state index in [2.05, 4.69) is 65.8 Å². The number of rotatable bonds is 30. The summed E-state index contributed by atoms with van der Waals surface area (Å²) in [6.07, 6.45) is -0.209. The van der Waals surface area contributed by atoms with E-state index in [0.29, 0.717) is 61.1 Å². The second-order valence-electron chi connectivity index (χ2n) is 18.4. The van der Waals surface area contributed by atoms with Crippen molar-refractivity contribution >= 4 is 17.6 Å². The number of hydrogen-bond donors (Lipinski definition) is 2. The minimum absolute atomic E-state index is 0.0965. The highest BCUT2D eigenvalue weighted by Gasteiger charge is 2.38. The van der Waals surface area contributed by atoms with Crippen LogP contribution in [0.25, 0.3) is 0 Å². The quantitative estimate of drug-likeness (QED) is 0.0377. The van der Waals surface area contributed by atoms with Crippen molar-refractivity contribution in [1.82, 2.24) is 0 Å². The van der Waals surface area contributed by atoms with Crippen molar-refractivity contribution in [2.24, 2.45) is 0 Å². The number of ether oxygens (including phenoxy) is 6. The summed E-state index contributed by atoms with van der Waals surface area (Å²) in [7, 11) is 4.24. The van der Waals surface area contributed by atoms with E-state index >= 15 is 0 Å². The van der Waals surface area contributed by atoms with Crippen LogP contribution in [-0.4, -0.2) is 122 Å². The zero-order valence-electron chi connectivity index (χ0n) is 44.1. The molecule has 0 aliphatic rings. The first-order valence-corrected chi connectivity index (χ1v) is 27.5. The number of benzene rings is 4. The molecule has 0 saturated heterocycles. The van der Waals surface area contributed by atoms with E-state index < -0.39 is 29.8 Å². The molecular weight excluding hydrogens is 917 g/mol. The zero-order valence-corrected chi connectivity index (χ0v) is 46.1. The van der Waals surface area contributed by atoms with Crippen LogP contribution in [0.4, 0.5) is 0 Å². The van der Waals surface area contributed by atoms with Gasteiger partial charge in [0.1, 0.15) is 59.9 Å². The van der Waals surface area contributed by atoms with Gasteiger partial charge in [0.2, 0.25) is 0 Å². The molecule has 384 valence electrons. The van der Waals surface area contributed by atoms with Gasteiger partial charge in [-0.05, 0) is 148 Å². The molecule has 4 aromatic carbocycles. The largest absolute Gasteiger partial charge is 0.500 e. The number of aliphatic hydroxyl groups is 2. The van der Waals surface area contributed by atoms with Crippen LogP contribution in [0.15, 0.2) is 48.5 Å². The third kappa shape index (κ3) is 15.6. The van der Waals surface area contributed by atoms with E-state index in [-0.39, 0.29) is 31.8 Å². The molecule has 0 spiro atoms. The predicted molar refractivity (Wildman–Crippen MR) is 273 cm³/mol. The van der Waals surface area contributed by atoms with Crippen molar-refractivity contribution in [3.05, 3.63) is 104 Å². The van der Waals surface area contributed by atoms with Crippen molar-refractivity contribution in [2.45, 2.75) is 112 Å². The molecule has 14 nitrogen and oxygen atoms in total. The minimum Gasteiger partial charge on any atom is -0.490 e. The monoisotopic (exact) mass is 997 g/mol.